The average molecular weight is 239 g/mol. The zero-order valence-electron chi connectivity index (χ0n) is 8.18. The summed E-state index contributed by atoms with van der Waals surface area (Å²) >= 11 is 0. The normalized spacial score (nSPS) is 11.9. The van der Waals surface area contributed by atoms with Crippen LogP contribution in [0.25, 0.3) is 10.8 Å². The van der Waals surface area contributed by atoms with E-state index in [-0.39, 0.29) is 4.90 Å². The summed E-state index contributed by atoms with van der Waals surface area (Å²) in [5.74, 6) is -0.419. The largest absolute Gasteiger partial charge is 0.297 e. The number of halogens is 1. The Kier molecular flexibility index (Phi) is 2.65. The Morgan fingerprint density at radius 2 is 1.75 bits per heavy atom. The molecule has 0 aliphatic heterocycles. The van der Waals surface area contributed by atoms with Gasteiger partial charge in [-0.1, -0.05) is 12.1 Å². The molecule has 1 radical (unpaired) electrons. The first-order chi connectivity index (χ1) is 7.53. The van der Waals surface area contributed by atoms with E-state index >= 15 is 0 Å². The maximum atomic E-state index is 13.0. The smallest absolute Gasteiger partial charge is 0.264 e. The van der Waals surface area contributed by atoms with E-state index in [1.807, 2.05) is 0 Å². The predicted molar refractivity (Wildman–Crippen MR) is 57.5 cm³/mol. The van der Waals surface area contributed by atoms with Crippen LogP contribution in [-0.2, 0) is 14.3 Å². The Labute approximate surface area is 92.6 Å². The SMILES string of the molecule is [CH2]OS(=O)(=O)c1ccc2ccc(F)cc2c1. The lowest BCUT2D eigenvalue weighted by atomic mass is 10.1. The summed E-state index contributed by atoms with van der Waals surface area (Å²) in [4.78, 5) is -0.0411. The number of hydrogen-bond acceptors (Lipinski definition) is 3. The van der Waals surface area contributed by atoms with Gasteiger partial charge in [-0.2, -0.15) is 8.42 Å². The number of hydrogen-bond donors (Lipinski definition) is 0. The molecule has 0 heterocycles. The second-order valence-corrected chi connectivity index (χ2v) is 4.84. The molecular weight excluding hydrogens is 231 g/mol. The quantitative estimate of drug-likeness (QED) is 0.756. The van der Waals surface area contributed by atoms with Crippen molar-refractivity contribution in [2.75, 3.05) is 0 Å². The molecule has 0 saturated heterocycles. The molecule has 2 aromatic rings. The van der Waals surface area contributed by atoms with E-state index in [0.717, 1.165) is 5.39 Å². The van der Waals surface area contributed by atoms with Gasteiger partial charge in [-0.15, -0.1) is 0 Å². The highest BCUT2D eigenvalue weighted by molar-refractivity contribution is 7.86. The molecular formula is C11H8FO3S. The second kappa shape index (κ2) is 3.84. The first kappa shape index (κ1) is 11.0. The predicted octanol–water partition coefficient (Wildman–Crippen LogP) is 2.48. The highest BCUT2D eigenvalue weighted by Crippen LogP contribution is 2.21. The molecule has 0 atom stereocenters. The molecule has 2 rings (SSSR count). The Balaban J connectivity index is 2.68. The minimum atomic E-state index is -3.84. The number of rotatable bonds is 2. The lowest BCUT2D eigenvalue weighted by Crippen LogP contribution is -2.01. The topological polar surface area (TPSA) is 43.4 Å². The molecule has 5 heteroatoms. The molecule has 16 heavy (non-hydrogen) atoms. The maximum absolute atomic E-state index is 13.0. The highest BCUT2D eigenvalue weighted by Gasteiger charge is 2.13. The molecule has 0 aliphatic carbocycles. The Morgan fingerprint density at radius 3 is 2.44 bits per heavy atom. The van der Waals surface area contributed by atoms with E-state index in [1.165, 1.54) is 24.3 Å². The molecule has 0 saturated carbocycles. The van der Waals surface area contributed by atoms with Gasteiger partial charge in [0, 0.05) is 0 Å². The number of fused-ring (bicyclic) bond motifs is 1. The van der Waals surface area contributed by atoms with Crippen molar-refractivity contribution in [2.24, 2.45) is 0 Å². The summed E-state index contributed by atoms with van der Waals surface area (Å²) < 4.78 is 39.8. The molecule has 3 nitrogen and oxygen atoms in total. The van der Waals surface area contributed by atoms with E-state index in [9.17, 15) is 12.8 Å². The molecule has 0 spiro atoms. The van der Waals surface area contributed by atoms with E-state index in [4.69, 9.17) is 0 Å². The van der Waals surface area contributed by atoms with Crippen molar-refractivity contribution in [3.63, 3.8) is 0 Å². The zero-order chi connectivity index (χ0) is 11.8. The summed E-state index contributed by atoms with van der Waals surface area (Å²) in [6.07, 6.45) is 0. The Morgan fingerprint density at radius 1 is 1.06 bits per heavy atom. The van der Waals surface area contributed by atoms with Crippen molar-refractivity contribution in [1.82, 2.24) is 0 Å². The fourth-order valence-corrected chi connectivity index (χ4v) is 2.06. The van der Waals surface area contributed by atoms with E-state index in [2.05, 4.69) is 11.3 Å². The summed E-state index contributed by atoms with van der Waals surface area (Å²) in [5, 5.41) is 1.25. The van der Waals surface area contributed by atoms with Crippen LogP contribution in [-0.4, -0.2) is 8.42 Å². The molecule has 0 aromatic heterocycles. The van der Waals surface area contributed by atoms with Crippen LogP contribution in [0.1, 0.15) is 0 Å². The average Bonchev–Trinajstić information content (AvgIpc) is 2.28. The van der Waals surface area contributed by atoms with Crippen LogP contribution in [0.3, 0.4) is 0 Å². The van der Waals surface area contributed by atoms with Gasteiger partial charge in [0.25, 0.3) is 10.1 Å². The molecule has 0 unspecified atom stereocenters. The summed E-state index contributed by atoms with van der Waals surface area (Å²) in [5.41, 5.74) is 0. The van der Waals surface area contributed by atoms with Crippen LogP contribution in [0, 0.1) is 12.9 Å². The molecule has 0 fully saturated rings. The van der Waals surface area contributed by atoms with Gasteiger partial charge in [-0.25, -0.2) is 4.39 Å². The first-order valence-electron chi connectivity index (χ1n) is 4.41. The number of benzene rings is 2. The van der Waals surface area contributed by atoms with Gasteiger partial charge in [0.15, 0.2) is 0 Å². The summed E-state index contributed by atoms with van der Waals surface area (Å²) in [6, 6.07) is 8.47. The van der Waals surface area contributed by atoms with Crippen molar-refractivity contribution >= 4 is 20.9 Å². The molecule has 0 aliphatic rings. The van der Waals surface area contributed by atoms with Gasteiger partial charge in [-0.05, 0) is 35.0 Å². The Hall–Kier alpha value is -1.46. The van der Waals surface area contributed by atoms with Gasteiger partial charge < -0.3 is 0 Å². The van der Waals surface area contributed by atoms with Crippen LogP contribution in [0.5, 0.6) is 0 Å². The van der Waals surface area contributed by atoms with Crippen molar-refractivity contribution in [3.05, 3.63) is 49.3 Å². The maximum Gasteiger partial charge on any atom is 0.297 e. The molecule has 2 aromatic carbocycles. The summed E-state index contributed by atoms with van der Waals surface area (Å²) in [6.45, 7) is 0. The third kappa shape index (κ3) is 1.91. The van der Waals surface area contributed by atoms with E-state index in [0.29, 0.717) is 5.39 Å². The standard InChI is InChI=1S/C11H8FO3S/c1-15-16(13,14)11-5-3-8-2-4-10(12)6-9(8)7-11/h2-7H,1H2. The summed E-state index contributed by atoms with van der Waals surface area (Å²) in [7, 11) is -0.967. The van der Waals surface area contributed by atoms with Crippen LogP contribution in [0.2, 0.25) is 0 Å². The lowest BCUT2D eigenvalue weighted by molar-refractivity contribution is 0.438. The fourth-order valence-electron chi connectivity index (χ4n) is 1.42. The Bertz CT molecular complexity index is 635. The monoisotopic (exact) mass is 239 g/mol. The van der Waals surface area contributed by atoms with Crippen molar-refractivity contribution < 1.29 is 17.0 Å². The van der Waals surface area contributed by atoms with Crippen molar-refractivity contribution in [2.45, 2.75) is 4.90 Å². The fraction of sp³-hybridized carbons (Fsp3) is 0. The molecule has 0 amide bonds. The van der Waals surface area contributed by atoms with Crippen LogP contribution in [0.15, 0.2) is 41.3 Å². The minimum Gasteiger partial charge on any atom is -0.264 e. The third-order valence-corrected chi connectivity index (χ3v) is 3.36. The third-order valence-electron chi connectivity index (χ3n) is 2.22. The van der Waals surface area contributed by atoms with Gasteiger partial charge in [0.2, 0.25) is 0 Å². The second-order valence-electron chi connectivity index (χ2n) is 3.23. The molecule has 0 bridgehead atoms. The van der Waals surface area contributed by atoms with Crippen molar-refractivity contribution in [1.29, 1.82) is 0 Å². The van der Waals surface area contributed by atoms with Gasteiger partial charge in [0.1, 0.15) is 5.82 Å². The minimum absolute atomic E-state index is 0.0411. The zero-order valence-corrected chi connectivity index (χ0v) is 9.00. The van der Waals surface area contributed by atoms with E-state index < -0.39 is 15.9 Å². The first-order valence-corrected chi connectivity index (χ1v) is 5.82. The van der Waals surface area contributed by atoms with Crippen molar-refractivity contribution in [3.8, 4) is 0 Å². The van der Waals surface area contributed by atoms with Gasteiger partial charge in [0.05, 0.1) is 12.0 Å². The van der Waals surface area contributed by atoms with Crippen LogP contribution >= 0.6 is 0 Å². The van der Waals surface area contributed by atoms with Gasteiger partial charge >= 0.3 is 0 Å². The lowest BCUT2D eigenvalue weighted by Gasteiger charge is -2.03. The van der Waals surface area contributed by atoms with Crippen LogP contribution < -0.4 is 0 Å². The van der Waals surface area contributed by atoms with Gasteiger partial charge in [-0.3, -0.25) is 4.18 Å². The van der Waals surface area contributed by atoms with E-state index in [1.54, 1.807) is 12.1 Å². The van der Waals surface area contributed by atoms with Crippen LogP contribution in [0.4, 0.5) is 4.39 Å². The molecule has 0 N–H and O–H groups in total. The molecule has 83 valence electrons. The highest BCUT2D eigenvalue weighted by atomic mass is 32.2.